The number of hydrogen-bond acceptors (Lipinski definition) is 2. The van der Waals surface area contributed by atoms with Gasteiger partial charge in [-0.3, -0.25) is 4.79 Å². The normalized spacial score (nSPS) is 9.67. The summed E-state index contributed by atoms with van der Waals surface area (Å²) in [5.41, 5.74) is 6.88. The topological polar surface area (TPSA) is 58.9 Å². The number of nitrogens with one attached hydrogen (secondary N) is 1. The van der Waals surface area contributed by atoms with Crippen LogP contribution in [0.5, 0.6) is 0 Å². The number of aromatic amines is 1. The summed E-state index contributed by atoms with van der Waals surface area (Å²) in [6, 6.07) is 6.96. The van der Waals surface area contributed by atoms with Gasteiger partial charge in [0.1, 0.15) is 0 Å². The summed E-state index contributed by atoms with van der Waals surface area (Å²) < 4.78 is 0. The second-order valence-corrected chi connectivity index (χ2v) is 3.08. The molecule has 0 bridgehead atoms. The molecule has 0 spiro atoms. The smallest absolute Gasteiger partial charge is 0.189 e. The molecule has 3 nitrogen and oxygen atoms in total. The Labute approximate surface area is 86.9 Å². The maximum atomic E-state index is 11.5. The second kappa shape index (κ2) is 3.99. The molecule has 0 saturated carbocycles. The molecule has 3 N–H and O–H groups in total. The summed E-state index contributed by atoms with van der Waals surface area (Å²) >= 11 is 0. The first-order chi connectivity index (χ1) is 7.33. The van der Waals surface area contributed by atoms with Crippen molar-refractivity contribution < 1.29 is 0 Å². The minimum atomic E-state index is 0.000137. The van der Waals surface area contributed by atoms with Crippen molar-refractivity contribution in [3.8, 4) is 11.8 Å². The molecule has 0 fully saturated rings. The van der Waals surface area contributed by atoms with Crippen molar-refractivity contribution in [2.75, 3.05) is 6.54 Å². The molecular formula is C12H10N2O. The maximum absolute atomic E-state index is 11.5. The zero-order valence-electron chi connectivity index (χ0n) is 8.08. The number of hydrogen-bond donors (Lipinski definition) is 2. The first kappa shape index (κ1) is 9.50. The minimum Gasteiger partial charge on any atom is -0.360 e. The molecule has 1 heterocycles. The van der Waals surface area contributed by atoms with Crippen LogP contribution in [0.1, 0.15) is 5.56 Å². The number of para-hydroxylation sites is 1. The molecule has 3 heteroatoms. The number of fused-ring (bicyclic) bond motifs is 1. The van der Waals surface area contributed by atoms with Gasteiger partial charge in [0.2, 0.25) is 0 Å². The first-order valence-electron chi connectivity index (χ1n) is 4.62. The van der Waals surface area contributed by atoms with Crippen LogP contribution >= 0.6 is 0 Å². The molecule has 0 radical (unpaired) electrons. The van der Waals surface area contributed by atoms with Crippen LogP contribution in [0, 0.1) is 11.8 Å². The number of benzene rings is 1. The van der Waals surface area contributed by atoms with E-state index in [1.807, 2.05) is 12.1 Å². The van der Waals surface area contributed by atoms with Gasteiger partial charge in [0.05, 0.1) is 12.1 Å². The highest BCUT2D eigenvalue weighted by atomic mass is 16.1. The quantitative estimate of drug-likeness (QED) is 0.616. The summed E-state index contributed by atoms with van der Waals surface area (Å²) in [6.45, 7) is 0.313. The van der Waals surface area contributed by atoms with Gasteiger partial charge in [0.25, 0.3) is 0 Å². The summed E-state index contributed by atoms with van der Waals surface area (Å²) in [5, 5.41) is 0.654. The van der Waals surface area contributed by atoms with Gasteiger partial charge >= 0.3 is 0 Å². The van der Waals surface area contributed by atoms with Gasteiger partial charge in [0, 0.05) is 23.2 Å². The standard InChI is InChI=1S/C12H10N2O/c13-7-2-4-9-3-1-5-10-11(15)6-8-14-12(9)10/h1,3,5-6,8H,7,13H2,(H,14,15). The molecule has 0 aliphatic heterocycles. The lowest BCUT2D eigenvalue weighted by molar-refractivity contribution is 1.30. The fraction of sp³-hybridized carbons (Fsp3) is 0.0833. The molecule has 0 aliphatic carbocycles. The van der Waals surface area contributed by atoms with Crippen LogP contribution < -0.4 is 11.2 Å². The first-order valence-corrected chi connectivity index (χ1v) is 4.62. The number of nitrogens with two attached hydrogens (primary N) is 1. The SMILES string of the molecule is NCC#Cc1cccc2c(=O)cc[nH]c12. The fourth-order valence-corrected chi connectivity index (χ4v) is 1.45. The second-order valence-electron chi connectivity index (χ2n) is 3.08. The van der Waals surface area contributed by atoms with E-state index in [2.05, 4.69) is 16.8 Å². The number of aromatic nitrogens is 1. The molecule has 0 unspecified atom stereocenters. The van der Waals surface area contributed by atoms with Crippen LogP contribution in [0.15, 0.2) is 35.3 Å². The lowest BCUT2D eigenvalue weighted by Gasteiger charge is -1.98. The Morgan fingerprint density at radius 3 is 3.00 bits per heavy atom. The molecule has 1 aromatic heterocycles. The Hall–Kier alpha value is -2.05. The maximum Gasteiger partial charge on any atom is 0.189 e. The molecular weight excluding hydrogens is 188 g/mol. The zero-order valence-corrected chi connectivity index (χ0v) is 8.08. The molecule has 2 aromatic rings. The summed E-state index contributed by atoms with van der Waals surface area (Å²) in [4.78, 5) is 14.5. The van der Waals surface area contributed by atoms with E-state index in [0.29, 0.717) is 11.9 Å². The van der Waals surface area contributed by atoms with Crippen LogP contribution in [0.4, 0.5) is 0 Å². The summed E-state index contributed by atoms with van der Waals surface area (Å²) in [5.74, 6) is 5.70. The lowest BCUT2D eigenvalue weighted by Crippen LogP contribution is -2.01. The van der Waals surface area contributed by atoms with Crippen molar-refractivity contribution >= 4 is 10.9 Å². The number of pyridine rings is 1. The third kappa shape index (κ3) is 1.76. The van der Waals surface area contributed by atoms with E-state index >= 15 is 0 Å². The van der Waals surface area contributed by atoms with Gasteiger partial charge in [-0.15, -0.1) is 0 Å². The van der Waals surface area contributed by atoms with Gasteiger partial charge in [-0.1, -0.05) is 17.9 Å². The Morgan fingerprint density at radius 2 is 2.20 bits per heavy atom. The highest BCUT2D eigenvalue weighted by Crippen LogP contribution is 2.11. The Kier molecular flexibility index (Phi) is 2.53. The van der Waals surface area contributed by atoms with Gasteiger partial charge < -0.3 is 10.7 Å². The van der Waals surface area contributed by atoms with Crippen molar-refractivity contribution in [1.29, 1.82) is 0 Å². The average molecular weight is 198 g/mol. The number of rotatable bonds is 0. The van der Waals surface area contributed by atoms with Crippen LogP contribution in [-0.2, 0) is 0 Å². The summed E-state index contributed by atoms with van der Waals surface area (Å²) in [7, 11) is 0. The fourth-order valence-electron chi connectivity index (χ4n) is 1.45. The van der Waals surface area contributed by atoms with Crippen LogP contribution in [0.3, 0.4) is 0 Å². The third-order valence-electron chi connectivity index (χ3n) is 2.12. The van der Waals surface area contributed by atoms with Gasteiger partial charge in [-0.25, -0.2) is 0 Å². The highest BCUT2D eigenvalue weighted by molar-refractivity contribution is 5.84. The molecule has 0 aliphatic rings. The van der Waals surface area contributed by atoms with E-state index in [1.165, 1.54) is 6.07 Å². The molecule has 2 rings (SSSR count). The van der Waals surface area contributed by atoms with Gasteiger partial charge in [0.15, 0.2) is 5.43 Å². The van der Waals surface area contributed by atoms with Crippen LogP contribution in [-0.4, -0.2) is 11.5 Å². The van der Waals surface area contributed by atoms with Crippen molar-refractivity contribution in [2.45, 2.75) is 0 Å². The molecule has 1 aromatic carbocycles. The molecule has 0 atom stereocenters. The van der Waals surface area contributed by atoms with Gasteiger partial charge in [-0.05, 0) is 12.1 Å². The van der Waals surface area contributed by atoms with E-state index < -0.39 is 0 Å². The van der Waals surface area contributed by atoms with Crippen molar-refractivity contribution in [3.63, 3.8) is 0 Å². The van der Waals surface area contributed by atoms with E-state index in [-0.39, 0.29) is 5.43 Å². The Bertz CT molecular complexity index is 602. The van der Waals surface area contributed by atoms with Crippen LogP contribution in [0.2, 0.25) is 0 Å². The predicted octanol–water partition coefficient (Wildman–Crippen LogP) is 0.838. The van der Waals surface area contributed by atoms with Crippen LogP contribution in [0.25, 0.3) is 10.9 Å². The van der Waals surface area contributed by atoms with Crippen molar-refractivity contribution in [2.24, 2.45) is 5.73 Å². The number of H-pyrrole nitrogens is 1. The van der Waals surface area contributed by atoms with E-state index in [4.69, 9.17) is 5.73 Å². The van der Waals surface area contributed by atoms with Crippen molar-refractivity contribution in [3.05, 3.63) is 46.2 Å². The monoisotopic (exact) mass is 198 g/mol. The summed E-state index contributed by atoms with van der Waals surface area (Å²) in [6.07, 6.45) is 1.62. The lowest BCUT2D eigenvalue weighted by atomic mass is 10.1. The Balaban J connectivity index is 2.77. The van der Waals surface area contributed by atoms with Gasteiger partial charge in [-0.2, -0.15) is 0 Å². The Morgan fingerprint density at radius 1 is 1.33 bits per heavy atom. The molecule has 15 heavy (non-hydrogen) atoms. The third-order valence-corrected chi connectivity index (χ3v) is 2.12. The predicted molar refractivity (Wildman–Crippen MR) is 60.5 cm³/mol. The average Bonchev–Trinajstić information content (AvgIpc) is 2.27. The van der Waals surface area contributed by atoms with E-state index in [0.717, 1.165) is 11.1 Å². The largest absolute Gasteiger partial charge is 0.360 e. The minimum absolute atomic E-state index is 0.000137. The molecule has 0 amide bonds. The van der Waals surface area contributed by atoms with Crippen molar-refractivity contribution in [1.82, 2.24) is 4.98 Å². The molecule has 0 saturated heterocycles. The molecule has 74 valence electrons. The van der Waals surface area contributed by atoms with E-state index in [9.17, 15) is 4.79 Å². The van der Waals surface area contributed by atoms with E-state index in [1.54, 1.807) is 12.3 Å². The zero-order chi connectivity index (χ0) is 10.7. The highest BCUT2D eigenvalue weighted by Gasteiger charge is 2.00.